The number of ether oxygens (including phenoxy) is 2. The minimum absolute atomic E-state index is 0.0760. The molecule has 0 saturated heterocycles. The van der Waals surface area contributed by atoms with Crippen LogP contribution >= 0.6 is 0 Å². The number of aromatic nitrogens is 1. The number of nitriles is 1. The van der Waals surface area contributed by atoms with E-state index in [2.05, 4.69) is 16.4 Å². The van der Waals surface area contributed by atoms with Crippen LogP contribution in [0.2, 0.25) is 0 Å². The van der Waals surface area contributed by atoms with Crippen LogP contribution in [0.15, 0.2) is 30.5 Å². The van der Waals surface area contributed by atoms with E-state index in [1.165, 1.54) is 0 Å². The van der Waals surface area contributed by atoms with E-state index in [1.54, 1.807) is 30.5 Å². The topological polar surface area (TPSA) is 104 Å². The minimum Gasteiger partial charge on any atom is -0.481 e. The number of benzene rings is 1. The standard InChI is InChI=1S/C21H23N3O4/c1-13-20-17(12-27-21(2,3)28-20)16(10-23-13)11-24-18(8-19(25)26)15-6-4-14(9-22)5-7-15/h4-7,10,18,24H,8,11-12H2,1-3H3,(H,25,26)/t18-/m1/s1. The van der Waals surface area contributed by atoms with Crippen molar-refractivity contribution in [3.8, 4) is 11.8 Å². The van der Waals surface area contributed by atoms with Crippen molar-refractivity contribution in [2.75, 3.05) is 0 Å². The molecule has 0 radical (unpaired) electrons. The highest BCUT2D eigenvalue weighted by Gasteiger charge is 2.30. The molecule has 0 saturated carbocycles. The van der Waals surface area contributed by atoms with Crippen LogP contribution in [0.5, 0.6) is 5.75 Å². The fourth-order valence-electron chi connectivity index (χ4n) is 3.15. The predicted molar refractivity (Wildman–Crippen MR) is 101 cm³/mol. The lowest BCUT2D eigenvalue weighted by Gasteiger charge is -2.34. The van der Waals surface area contributed by atoms with Gasteiger partial charge in [-0.25, -0.2) is 0 Å². The first-order valence-corrected chi connectivity index (χ1v) is 9.04. The molecule has 28 heavy (non-hydrogen) atoms. The van der Waals surface area contributed by atoms with Gasteiger partial charge in [-0.2, -0.15) is 5.26 Å². The third-order valence-electron chi connectivity index (χ3n) is 4.68. The van der Waals surface area contributed by atoms with Gasteiger partial charge in [-0.1, -0.05) is 12.1 Å². The summed E-state index contributed by atoms with van der Waals surface area (Å²) in [4.78, 5) is 15.7. The summed E-state index contributed by atoms with van der Waals surface area (Å²) in [5.41, 5.74) is 3.97. The fourth-order valence-corrected chi connectivity index (χ4v) is 3.15. The molecule has 2 aromatic rings. The number of carboxylic acid groups (broad SMARTS) is 1. The molecule has 0 aliphatic carbocycles. The maximum Gasteiger partial charge on any atom is 0.305 e. The number of carboxylic acids is 1. The van der Waals surface area contributed by atoms with Gasteiger partial charge in [0.2, 0.25) is 5.79 Å². The largest absolute Gasteiger partial charge is 0.481 e. The van der Waals surface area contributed by atoms with Gasteiger partial charge in [0, 0.05) is 38.2 Å². The van der Waals surface area contributed by atoms with Gasteiger partial charge in [-0.05, 0) is 30.2 Å². The highest BCUT2D eigenvalue weighted by molar-refractivity contribution is 5.68. The quantitative estimate of drug-likeness (QED) is 0.791. The van der Waals surface area contributed by atoms with Gasteiger partial charge in [-0.3, -0.25) is 9.78 Å². The Morgan fingerprint density at radius 2 is 2.11 bits per heavy atom. The Morgan fingerprint density at radius 1 is 1.39 bits per heavy atom. The summed E-state index contributed by atoms with van der Waals surface area (Å²) in [6.45, 7) is 6.42. The van der Waals surface area contributed by atoms with Crippen LogP contribution in [0.25, 0.3) is 0 Å². The Balaban J connectivity index is 1.82. The summed E-state index contributed by atoms with van der Waals surface area (Å²) in [5, 5.41) is 21.5. The van der Waals surface area contributed by atoms with Gasteiger partial charge in [0.1, 0.15) is 5.75 Å². The molecular weight excluding hydrogens is 358 g/mol. The van der Waals surface area contributed by atoms with Crippen molar-refractivity contribution in [3.05, 3.63) is 58.4 Å². The van der Waals surface area contributed by atoms with Crippen LogP contribution < -0.4 is 10.1 Å². The molecule has 1 aliphatic heterocycles. The number of aryl methyl sites for hydroxylation is 1. The van der Waals surface area contributed by atoms with Crippen LogP contribution in [0, 0.1) is 18.3 Å². The van der Waals surface area contributed by atoms with Crippen molar-refractivity contribution in [2.24, 2.45) is 0 Å². The van der Waals surface area contributed by atoms with Gasteiger partial charge in [0.25, 0.3) is 0 Å². The van der Waals surface area contributed by atoms with E-state index in [4.69, 9.17) is 14.7 Å². The van der Waals surface area contributed by atoms with Crippen LogP contribution in [-0.4, -0.2) is 21.8 Å². The lowest BCUT2D eigenvalue weighted by Crippen LogP contribution is -2.36. The third kappa shape index (κ3) is 4.47. The maximum absolute atomic E-state index is 11.3. The number of hydrogen-bond donors (Lipinski definition) is 2. The first-order valence-electron chi connectivity index (χ1n) is 9.04. The molecule has 0 amide bonds. The normalized spacial score (nSPS) is 15.8. The summed E-state index contributed by atoms with van der Waals surface area (Å²) in [6, 6.07) is 8.59. The molecule has 1 aliphatic rings. The minimum atomic E-state index is -0.903. The van der Waals surface area contributed by atoms with Crippen molar-refractivity contribution in [1.29, 1.82) is 5.26 Å². The molecule has 1 atom stereocenters. The van der Waals surface area contributed by atoms with Crippen molar-refractivity contribution in [2.45, 2.75) is 52.2 Å². The van der Waals surface area contributed by atoms with E-state index < -0.39 is 17.8 Å². The van der Waals surface area contributed by atoms with E-state index in [0.29, 0.717) is 18.7 Å². The second-order valence-electron chi connectivity index (χ2n) is 7.23. The van der Waals surface area contributed by atoms with E-state index >= 15 is 0 Å². The van der Waals surface area contributed by atoms with Gasteiger partial charge in [0.15, 0.2) is 0 Å². The average Bonchev–Trinajstić information content (AvgIpc) is 2.66. The Hall–Kier alpha value is -2.95. The molecule has 0 unspecified atom stereocenters. The molecule has 146 valence electrons. The number of pyridine rings is 1. The second-order valence-corrected chi connectivity index (χ2v) is 7.23. The number of aliphatic carboxylic acids is 1. The molecule has 2 N–H and O–H groups in total. The molecule has 0 fully saturated rings. The number of rotatable bonds is 6. The molecule has 3 rings (SSSR count). The van der Waals surface area contributed by atoms with Crippen LogP contribution in [0.4, 0.5) is 0 Å². The first-order chi connectivity index (χ1) is 13.3. The number of fused-ring (bicyclic) bond motifs is 1. The van der Waals surface area contributed by atoms with Crippen molar-refractivity contribution < 1.29 is 19.4 Å². The van der Waals surface area contributed by atoms with E-state index in [-0.39, 0.29) is 6.42 Å². The summed E-state index contributed by atoms with van der Waals surface area (Å²) in [7, 11) is 0. The number of nitrogens with zero attached hydrogens (tertiary/aromatic N) is 2. The summed E-state index contributed by atoms with van der Waals surface area (Å²) in [6.07, 6.45) is 1.69. The third-order valence-corrected chi connectivity index (χ3v) is 4.68. The average molecular weight is 381 g/mol. The highest BCUT2D eigenvalue weighted by atomic mass is 16.7. The van der Waals surface area contributed by atoms with Crippen LogP contribution in [0.3, 0.4) is 0 Å². The predicted octanol–water partition coefficient (Wildman–Crippen LogP) is 3.21. The van der Waals surface area contributed by atoms with Crippen molar-refractivity contribution in [1.82, 2.24) is 10.3 Å². The van der Waals surface area contributed by atoms with Crippen LogP contribution in [0.1, 0.15) is 54.3 Å². The monoisotopic (exact) mass is 381 g/mol. The molecule has 7 nitrogen and oxygen atoms in total. The smallest absolute Gasteiger partial charge is 0.305 e. The molecule has 0 spiro atoms. The van der Waals surface area contributed by atoms with Crippen molar-refractivity contribution >= 4 is 5.97 Å². The van der Waals surface area contributed by atoms with Gasteiger partial charge >= 0.3 is 5.97 Å². The number of nitrogens with one attached hydrogen (secondary N) is 1. The maximum atomic E-state index is 11.3. The first kappa shape index (κ1) is 19.8. The number of carbonyl (C=O) groups is 1. The van der Waals surface area contributed by atoms with Crippen LogP contribution in [-0.2, 0) is 22.7 Å². The zero-order valence-electron chi connectivity index (χ0n) is 16.2. The molecule has 1 aromatic heterocycles. The zero-order valence-corrected chi connectivity index (χ0v) is 16.2. The summed E-state index contributed by atoms with van der Waals surface area (Å²) >= 11 is 0. The molecule has 2 heterocycles. The summed E-state index contributed by atoms with van der Waals surface area (Å²) < 4.78 is 11.7. The summed E-state index contributed by atoms with van der Waals surface area (Å²) in [5.74, 6) is -0.886. The lowest BCUT2D eigenvalue weighted by molar-refractivity contribution is -0.180. The molecule has 0 bridgehead atoms. The van der Waals surface area contributed by atoms with E-state index in [0.717, 1.165) is 28.1 Å². The van der Waals surface area contributed by atoms with Gasteiger partial charge < -0.3 is 19.9 Å². The second kappa shape index (κ2) is 7.97. The Morgan fingerprint density at radius 3 is 2.75 bits per heavy atom. The SMILES string of the molecule is Cc1ncc(CN[C@H](CC(=O)O)c2ccc(C#N)cc2)c2c1OC(C)(C)OC2. The Bertz CT molecular complexity index is 916. The zero-order chi connectivity index (χ0) is 20.3. The number of hydrogen-bond acceptors (Lipinski definition) is 6. The fraction of sp³-hybridized carbons (Fsp3) is 0.381. The van der Waals surface area contributed by atoms with Crippen molar-refractivity contribution in [3.63, 3.8) is 0 Å². The molecular formula is C21H23N3O4. The van der Waals surface area contributed by atoms with Gasteiger partial charge in [0.05, 0.1) is 30.4 Å². The lowest BCUT2D eigenvalue weighted by atomic mass is 10.0. The van der Waals surface area contributed by atoms with E-state index in [1.807, 2.05) is 20.8 Å². The Labute approximate surface area is 163 Å². The molecule has 7 heteroatoms. The van der Waals surface area contributed by atoms with E-state index in [9.17, 15) is 9.90 Å². The molecule has 1 aromatic carbocycles. The highest BCUT2D eigenvalue weighted by Crippen LogP contribution is 2.35. The van der Waals surface area contributed by atoms with Gasteiger partial charge in [-0.15, -0.1) is 0 Å². The Kier molecular flexibility index (Phi) is 5.63.